The van der Waals surface area contributed by atoms with Crippen molar-refractivity contribution < 1.29 is 0 Å². The van der Waals surface area contributed by atoms with Crippen LogP contribution in [0.15, 0.2) is 6.07 Å². The van der Waals surface area contributed by atoms with E-state index in [-0.39, 0.29) is 11.5 Å². The van der Waals surface area contributed by atoms with Gasteiger partial charge in [-0.15, -0.1) is 0 Å². The van der Waals surface area contributed by atoms with Gasteiger partial charge in [0.1, 0.15) is 0 Å². The van der Waals surface area contributed by atoms with Gasteiger partial charge in [-0.1, -0.05) is 27.7 Å². The maximum Gasteiger partial charge on any atom is 0.0681 e. The van der Waals surface area contributed by atoms with Gasteiger partial charge in [-0.3, -0.25) is 4.68 Å². The van der Waals surface area contributed by atoms with Gasteiger partial charge in [-0.2, -0.15) is 5.10 Å². The highest BCUT2D eigenvalue weighted by molar-refractivity contribution is 5.19. The maximum atomic E-state index is 5.94. The Morgan fingerprint density at radius 1 is 1.47 bits per heavy atom. The van der Waals surface area contributed by atoms with Crippen molar-refractivity contribution in [2.24, 2.45) is 5.73 Å². The van der Waals surface area contributed by atoms with Crippen molar-refractivity contribution in [2.75, 3.05) is 0 Å². The smallest absolute Gasteiger partial charge is 0.0681 e. The Labute approximate surface area is 92.7 Å². The van der Waals surface area contributed by atoms with Crippen molar-refractivity contribution >= 4 is 0 Å². The molecule has 0 saturated carbocycles. The molecule has 0 unspecified atom stereocenters. The molecule has 2 N–H and O–H groups in total. The molecule has 0 spiro atoms. The van der Waals surface area contributed by atoms with E-state index >= 15 is 0 Å². The molecule has 1 aromatic rings. The van der Waals surface area contributed by atoms with Crippen LogP contribution in [0, 0.1) is 0 Å². The Hall–Kier alpha value is -0.830. The molecule has 0 saturated heterocycles. The van der Waals surface area contributed by atoms with Gasteiger partial charge in [-0.05, 0) is 19.4 Å². The number of aromatic nitrogens is 2. The monoisotopic (exact) mass is 209 g/mol. The van der Waals surface area contributed by atoms with E-state index in [1.807, 2.05) is 11.6 Å². The van der Waals surface area contributed by atoms with Crippen LogP contribution in [0.25, 0.3) is 0 Å². The van der Waals surface area contributed by atoms with Crippen LogP contribution in [0.1, 0.15) is 58.5 Å². The molecule has 86 valence electrons. The van der Waals surface area contributed by atoms with E-state index < -0.39 is 0 Å². The molecule has 1 heterocycles. The Bertz CT molecular complexity index is 318. The summed E-state index contributed by atoms with van der Waals surface area (Å²) < 4.78 is 2.05. The van der Waals surface area contributed by atoms with Crippen LogP contribution < -0.4 is 5.73 Å². The van der Waals surface area contributed by atoms with Gasteiger partial charge in [0.15, 0.2) is 0 Å². The lowest BCUT2D eigenvalue weighted by Gasteiger charge is -2.14. The summed E-state index contributed by atoms with van der Waals surface area (Å²) in [4.78, 5) is 0. The van der Waals surface area contributed by atoms with Crippen LogP contribution in [0.3, 0.4) is 0 Å². The van der Waals surface area contributed by atoms with E-state index in [0.29, 0.717) is 0 Å². The number of hydrogen-bond donors (Lipinski definition) is 1. The van der Waals surface area contributed by atoms with E-state index in [1.54, 1.807) is 0 Å². The number of nitrogens with two attached hydrogens (primary N) is 1. The largest absolute Gasteiger partial charge is 0.323 e. The van der Waals surface area contributed by atoms with Gasteiger partial charge in [0.05, 0.1) is 11.4 Å². The lowest BCUT2D eigenvalue weighted by atomic mass is 9.92. The Morgan fingerprint density at radius 3 is 2.47 bits per heavy atom. The topological polar surface area (TPSA) is 43.8 Å². The fraction of sp³-hybridized carbons (Fsp3) is 0.750. The summed E-state index contributed by atoms with van der Waals surface area (Å²) in [7, 11) is 0. The zero-order chi connectivity index (χ0) is 11.6. The average molecular weight is 209 g/mol. The first kappa shape index (κ1) is 12.2. The average Bonchev–Trinajstić information content (AvgIpc) is 2.48. The lowest BCUT2D eigenvalue weighted by Crippen LogP contribution is -2.14. The second kappa shape index (κ2) is 4.35. The van der Waals surface area contributed by atoms with E-state index in [4.69, 9.17) is 5.73 Å². The minimum atomic E-state index is 0.0557. The third-order valence-electron chi connectivity index (χ3n) is 2.48. The number of hydrogen-bond acceptors (Lipinski definition) is 2. The van der Waals surface area contributed by atoms with Gasteiger partial charge in [0.25, 0.3) is 0 Å². The molecule has 1 atom stereocenters. The first-order chi connectivity index (χ1) is 6.86. The standard InChI is InChI=1S/C12H23N3/c1-6-7-15-10(9(2)13)8-11(14-15)12(3,4)5/h8-9H,6-7,13H2,1-5H3/t9-/m0/s1. The summed E-state index contributed by atoms with van der Waals surface area (Å²) >= 11 is 0. The van der Waals surface area contributed by atoms with Crippen LogP contribution in [0.4, 0.5) is 0 Å². The van der Waals surface area contributed by atoms with Crippen LogP contribution in [0.5, 0.6) is 0 Å². The minimum Gasteiger partial charge on any atom is -0.323 e. The van der Waals surface area contributed by atoms with Crippen LogP contribution in [-0.2, 0) is 12.0 Å². The van der Waals surface area contributed by atoms with Gasteiger partial charge >= 0.3 is 0 Å². The highest BCUT2D eigenvalue weighted by Gasteiger charge is 2.20. The predicted molar refractivity (Wildman–Crippen MR) is 63.8 cm³/mol. The molecule has 0 aromatic carbocycles. The molecule has 1 aromatic heterocycles. The second-order valence-corrected chi connectivity index (χ2v) is 5.22. The number of aryl methyl sites for hydroxylation is 1. The molecule has 0 radical (unpaired) electrons. The van der Waals surface area contributed by atoms with Crippen molar-refractivity contribution in [3.8, 4) is 0 Å². The molecule has 0 aliphatic heterocycles. The molecular weight excluding hydrogens is 186 g/mol. The summed E-state index contributed by atoms with van der Waals surface area (Å²) in [5.74, 6) is 0. The minimum absolute atomic E-state index is 0.0557. The normalized spacial score (nSPS) is 14.3. The molecule has 1 rings (SSSR count). The van der Waals surface area contributed by atoms with Gasteiger partial charge in [0, 0.05) is 18.0 Å². The fourth-order valence-electron chi connectivity index (χ4n) is 1.56. The number of rotatable bonds is 3. The summed E-state index contributed by atoms with van der Waals surface area (Å²) in [5, 5.41) is 4.63. The fourth-order valence-corrected chi connectivity index (χ4v) is 1.56. The Kier molecular flexibility index (Phi) is 3.55. The van der Waals surface area contributed by atoms with E-state index in [1.165, 1.54) is 0 Å². The van der Waals surface area contributed by atoms with Gasteiger partial charge < -0.3 is 5.73 Å². The highest BCUT2D eigenvalue weighted by atomic mass is 15.3. The molecule has 0 bridgehead atoms. The highest BCUT2D eigenvalue weighted by Crippen LogP contribution is 2.23. The quantitative estimate of drug-likeness (QED) is 0.831. The molecular formula is C12H23N3. The molecule has 0 fully saturated rings. The zero-order valence-electron chi connectivity index (χ0n) is 10.5. The molecule has 0 amide bonds. The zero-order valence-corrected chi connectivity index (χ0v) is 10.5. The molecule has 0 aliphatic rings. The Morgan fingerprint density at radius 2 is 2.07 bits per heavy atom. The van der Waals surface area contributed by atoms with Crippen molar-refractivity contribution in [2.45, 2.75) is 59.0 Å². The Balaban J connectivity index is 3.09. The van der Waals surface area contributed by atoms with Gasteiger partial charge in [-0.25, -0.2) is 0 Å². The third-order valence-corrected chi connectivity index (χ3v) is 2.48. The third kappa shape index (κ3) is 2.81. The van der Waals surface area contributed by atoms with Crippen molar-refractivity contribution in [3.63, 3.8) is 0 Å². The van der Waals surface area contributed by atoms with Crippen molar-refractivity contribution in [1.29, 1.82) is 0 Å². The maximum absolute atomic E-state index is 5.94. The summed E-state index contributed by atoms with van der Waals surface area (Å²) in [6.45, 7) is 11.6. The van der Waals surface area contributed by atoms with Gasteiger partial charge in [0.2, 0.25) is 0 Å². The molecule has 15 heavy (non-hydrogen) atoms. The molecule has 0 aliphatic carbocycles. The molecule has 3 nitrogen and oxygen atoms in total. The second-order valence-electron chi connectivity index (χ2n) is 5.22. The summed E-state index contributed by atoms with van der Waals surface area (Å²) in [6.07, 6.45) is 1.09. The van der Waals surface area contributed by atoms with Crippen molar-refractivity contribution in [1.82, 2.24) is 9.78 Å². The first-order valence-corrected chi connectivity index (χ1v) is 5.70. The summed E-state index contributed by atoms with van der Waals surface area (Å²) in [5.41, 5.74) is 8.31. The van der Waals surface area contributed by atoms with Crippen LogP contribution in [-0.4, -0.2) is 9.78 Å². The lowest BCUT2D eigenvalue weighted by molar-refractivity contribution is 0.513. The van der Waals surface area contributed by atoms with E-state index in [0.717, 1.165) is 24.4 Å². The predicted octanol–water partition coefficient (Wildman–Crippen LogP) is 2.61. The number of nitrogens with zero attached hydrogens (tertiary/aromatic N) is 2. The van der Waals surface area contributed by atoms with Crippen molar-refractivity contribution in [3.05, 3.63) is 17.5 Å². The van der Waals surface area contributed by atoms with Crippen LogP contribution in [0.2, 0.25) is 0 Å². The van der Waals surface area contributed by atoms with E-state index in [9.17, 15) is 0 Å². The molecule has 3 heteroatoms. The van der Waals surface area contributed by atoms with E-state index in [2.05, 4.69) is 38.9 Å². The van der Waals surface area contributed by atoms with Crippen LogP contribution >= 0.6 is 0 Å². The first-order valence-electron chi connectivity index (χ1n) is 5.70. The SMILES string of the molecule is CCCn1nc(C(C)(C)C)cc1[C@H](C)N. The summed E-state index contributed by atoms with van der Waals surface area (Å²) in [6, 6.07) is 2.19.